The van der Waals surface area contributed by atoms with E-state index < -0.39 is 0 Å². The van der Waals surface area contributed by atoms with Gasteiger partial charge in [-0.25, -0.2) is 0 Å². The maximum atomic E-state index is 8.91. The fourth-order valence-electron chi connectivity index (χ4n) is 1.42. The van der Waals surface area contributed by atoms with Crippen LogP contribution in [0, 0.1) is 5.92 Å². The fourth-order valence-corrected chi connectivity index (χ4v) is 1.42. The van der Waals surface area contributed by atoms with Gasteiger partial charge >= 0.3 is 0 Å². The van der Waals surface area contributed by atoms with Gasteiger partial charge in [0.25, 0.3) is 0 Å². The van der Waals surface area contributed by atoms with Gasteiger partial charge in [0.05, 0.1) is 5.69 Å². The molecule has 0 saturated heterocycles. The van der Waals surface area contributed by atoms with E-state index >= 15 is 0 Å². The Bertz CT molecular complexity index is 308. The molecule has 1 saturated carbocycles. The summed E-state index contributed by atoms with van der Waals surface area (Å²) in [7, 11) is 0. The molecule has 0 amide bonds. The second-order valence-corrected chi connectivity index (χ2v) is 4.37. The molecule has 1 aliphatic rings. The maximum Gasteiger partial charge on any atom is 0.0964 e. The molecule has 1 aromatic rings. The lowest BCUT2D eigenvalue weighted by Gasteiger charge is -2.05. The van der Waals surface area contributed by atoms with Crippen molar-refractivity contribution in [3.63, 3.8) is 0 Å². The zero-order valence-corrected chi connectivity index (χ0v) is 9.06. The topological polar surface area (TPSA) is 63.0 Å². The summed E-state index contributed by atoms with van der Waals surface area (Å²) in [6.07, 6.45) is 4.52. The Morgan fingerprint density at radius 1 is 1.67 bits per heavy atom. The quantitative estimate of drug-likeness (QED) is 0.702. The van der Waals surface area contributed by atoms with Gasteiger partial charge in [0.2, 0.25) is 0 Å². The summed E-state index contributed by atoms with van der Waals surface area (Å²) in [5, 5.41) is 20.4. The zero-order chi connectivity index (χ0) is 10.7. The van der Waals surface area contributed by atoms with Crippen molar-refractivity contribution in [3.8, 4) is 0 Å². The zero-order valence-electron chi connectivity index (χ0n) is 9.06. The highest BCUT2D eigenvalue weighted by molar-refractivity contribution is 4.94. The number of nitrogens with one attached hydrogen (secondary N) is 1. The van der Waals surface area contributed by atoms with Crippen LogP contribution < -0.4 is 5.32 Å². The van der Waals surface area contributed by atoms with E-state index in [1.54, 1.807) is 4.68 Å². The lowest BCUT2D eigenvalue weighted by molar-refractivity contribution is 0.218. The second kappa shape index (κ2) is 4.72. The standard InChI is InChI=1S/C10H18N4O/c1-8(7-15)5-14-6-10(12-13-14)4-11-9-2-3-9/h6,8-9,11,15H,2-5,7H2,1H3. The minimum Gasteiger partial charge on any atom is -0.396 e. The van der Waals surface area contributed by atoms with Crippen LogP contribution in [0.15, 0.2) is 6.20 Å². The Labute approximate surface area is 89.5 Å². The van der Waals surface area contributed by atoms with Crippen LogP contribution in [0.5, 0.6) is 0 Å². The van der Waals surface area contributed by atoms with E-state index in [2.05, 4.69) is 15.6 Å². The van der Waals surface area contributed by atoms with Crippen LogP contribution in [-0.4, -0.2) is 32.7 Å². The van der Waals surface area contributed by atoms with Gasteiger partial charge in [-0.3, -0.25) is 4.68 Å². The van der Waals surface area contributed by atoms with Crippen molar-refractivity contribution in [2.24, 2.45) is 5.92 Å². The van der Waals surface area contributed by atoms with Crippen molar-refractivity contribution >= 4 is 0 Å². The van der Waals surface area contributed by atoms with Crippen molar-refractivity contribution < 1.29 is 5.11 Å². The molecule has 1 aromatic heterocycles. The van der Waals surface area contributed by atoms with Crippen molar-refractivity contribution in [2.75, 3.05) is 6.61 Å². The maximum absolute atomic E-state index is 8.91. The predicted molar refractivity (Wildman–Crippen MR) is 56.1 cm³/mol. The summed E-state index contributed by atoms with van der Waals surface area (Å²) in [6, 6.07) is 0.700. The number of aliphatic hydroxyl groups excluding tert-OH is 1. The van der Waals surface area contributed by atoms with Crippen LogP contribution in [0.1, 0.15) is 25.5 Å². The van der Waals surface area contributed by atoms with Gasteiger partial charge in [-0.2, -0.15) is 0 Å². The molecular weight excluding hydrogens is 192 g/mol. The van der Waals surface area contributed by atoms with Crippen LogP contribution in [0.2, 0.25) is 0 Å². The van der Waals surface area contributed by atoms with E-state index in [1.807, 2.05) is 13.1 Å². The van der Waals surface area contributed by atoms with E-state index in [-0.39, 0.29) is 12.5 Å². The number of aromatic nitrogens is 3. The van der Waals surface area contributed by atoms with Crippen LogP contribution in [-0.2, 0) is 13.1 Å². The Morgan fingerprint density at radius 2 is 2.47 bits per heavy atom. The summed E-state index contributed by atoms with van der Waals surface area (Å²) in [6.45, 7) is 3.71. The lowest BCUT2D eigenvalue weighted by atomic mass is 10.2. The molecule has 84 valence electrons. The van der Waals surface area contributed by atoms with Gasteiger partial charge in [0.15, 0.2) is 0 Å². The van der Waals surface area contributed by atoms with E-state index in [9.17, 15) is 0 Å². The third-order valence-electron chi connectivity index (χ3n) is 2.55. The molecule has 5 heteroatoms. The van der Waals surface area contributed by atoms with Crippen molar-refractivity contribution in [3.05, 3.63) is 11.9 Å². The van der Waals surface area contributed by atoms with Crippen LogP contribution in [0.3, 0.4) is 0 Å². The molecule has 5 nitrogen and oxygen atoms in total. The summed E-state index contributed by atoms with van der Waals surface area (Å²) >= 11 is 0. The minimum absolute atomic E-state index is 0.190. The monoisotopic (exact) mass is 210 g/mol. The van der Waals surface area contributed by atoms with Crippen LogP contribution in [0.25, 0.3) is 0 Å². The molecule has 1 atom stereocenters. The molecule has 15 heavy (non-hydrogen) atoms. The molecule has 1 heterocycles. The number of nitrogens with zero attached hydrogens (tertiary/aromatic N) is 3. The number of aliphatic hydroxyl groups is 1. The van der Waals surface area contributed by atoms with Gasteiger partial charge < -0.3 is 10.4 Å². The first-order valence-electron chi connectivity index (χ1n) is 5.51. The summed E-state index contributed by atoms with van der Waals surface area (Å²) < 4.78 is 1.80. The molecule has 1 fully saturated rings. The normalized spacial score (nSPS) is 18.0. The number of rotatable bonds is 6. The summed E-state index contributed by atoms with van der Waals surface area (Å²) in [5.41, 5.74) is 0.979. The van der Waals surface area contributed by atoms with Gasteiger partial charge in [-0.1, -0.05) is 12.1 Å². The van der Waals surface area contributed by atoms with Crippen LogP contribution >= 0.6 is 0 Å². The fraction of sp³-hybridized carbons (Fsp3) is 0.800. The Hall–Kier alpha value is -0.940. The average Bonchev–Trinajstić information content (AvgIpc) is 2.97. The lowest BCUT2D eigenvalue weighted by Crippen LogP contribution is -2.15. The molecule has 0 spiro atoms. The van der Waals surface area contributed by atoms with E-state index in [1.165, 1.54) is 12.8 Å². The first-order chi connectivity index (χ1) is 7.28. The third kappa shape index (κ3) is 3.28. The molecule has 2 N–H and O–H groups in total. The molecule has 0 bridgehead atoms. The highest BCUT2D eigenvalue weighted by Gasteiger charge is 2.20. The third-order valence-corrected chi connectivity index (χ3v) is 2.55. The highest BCUT2D eigenvalue weighted by Crippen LogP contribution is 2.18. The molecule has 2 rings (SSSR count). The average molecular weight is 210 g/mol. The molecular formula is C10H18N4O. The minimum atomic E-state index is 0.190. The summed E-state index contributed by atoms with van der Waals surface area (Å²) in [4.78, 5) is 0. The van der Waals surface area contributed by atoms with Crippen molar-refractivity contribution in [2.45, 2.75) is 38.9 Å². The first-order valence-corrected chi connectivity index (χ1v) is 5.51. The van der Waals surface area contributed by atoms with Gasteiger partial charge in [-0.05, 0) is 18.8 Å². The Kier molecular flexibility index (Phi) is 3.33. The molecule has 0 aliphatic heterocycles. The van der Waals surface area contributed by atoms with E-state index in [0.29, 0.717) is 6.04 Å². The Morgan fingerprint density at radius 3 is 3.13 bits per heavy atom. The highest BCUT2D eigenvalue weighted by atomic mass is 16.3. The second-order valence-electron chi connectivity index (χ2n) is 4.37. The van der Waals surface area contributed by atoms with Crippen molar-refractivity contribution in [1.29, 1.82) is 0 Å². The van der Waals surface area contributed by atoms with Crippen molar-refractivity contribution in [1.82, 2.24) is 20.3 Å². The Balaban J connectivity index is 1.79. The number of hydrogen-bond donors (Lipinski definition) is 2. The van der Waals surface area contributed by atoms with Crippen LogP contribution in [0.4, 0.5) is 0 Å². The molecule has 0 radical (unpaired) electrons. The van der Waals surface area contributed by atoms with E-state index in [4.69, 9.17) is 5.11 Å². The molecule has 1 aliphatic carbocycles. The van der Waals surface area contributed by atoms with Gasteiger partial charge in [0.1, 0.15) is 0 Å². The molecule has 0 aromatic carbocycles. The predicted octanol–water partition coefficient (Wildman–Crippen LogP) is 0.158. The van der Waals surface area contributed by atoms with E-state index in [0.717, 1.165) is 18.8 Å². The van der Waals surface area contributed by atoms with Gasteiger partial charge in [-0.15, -0.1) is 5.10 Å². The summed E-state index contributed by atoms with van der Waals surface area (Å²) in [5.74, 6) is 0.232. The number of hydrogen-bond acceptors (Lipinski definition) is 4. The smallest absolute Gasteiger partial charge is 0.0964 e. The first kappa shape index (κ1) is 10.6. The largest absolute Gasteiger partial charge is 0.396 e. The van der Waals surface area contributed by atoms with Gasteiger partial charge in [0, 0.05) is 31.9 Å². The molecule has 1 unspecified atom stereocenters. The SMILES string of the molecule is CC(CO)Cn1cc(CNC2CC2)nn1.